The zero-order valence-electron chi connectivity index (χ0n) is 27.3. The Morgan fingerprint density at radius 3 is 1.54 bits per heavy atom. The predicted octanol–water partition coefficient (Wildman–Crippen LogP) is 7.46. The molecule has 0 saturated heterocycles. The average molecular weight is 587 g/mol. The normalized spacial score (nSPS) is 13.1. The van der Waals surface area contributed by atoms with E-state index >= 15 is 0 Å². The highest BCUT2D eigenvalue weighted by Gasteiger charge is 2.31. The minimum atomic E-state index is -0.880. The van der Waals surface area contributed by atoms with Gasteiger partial charge in [0.15, 0.2) is 12.1 Å². The summed E-state index contributed by atoms with van der Waals surface area (Å²) < 4.78 is 16.6. The molecule has 0 amide bonds. The molecule has 2 unspecified atom stereocenters. The molecule has 0 radical (unpaired) electrons. The number of quaternary nitrogens is 1. The fraction of sp³-hybridized carbons (Fsp3) is 0.909. The fourth-order valence-corrected chi connectivity index (χ4v) is 4.89. The lowest BCUT2D eigenvalue weighted by Crippen LogP contribution is -2.50. The van der Waals surface area contributed by atoms with Gasteiger partial charge < -0.3 is 23.8 Å². The first-order valence-corrected chi connectivity index (χ1v) is 16.6. The summed E-state index contributed by atoms with van der Waals surface area (Å²) in [5, 5.41) is 9.45. The second kappa shape index (κ2) is 26.0. The summed E-state index contributed by atoms with van der Waals surface area (Å²) in [7, 11) is 5.48. The summed E-state index contributed by atoms with van der Waals surface area (Å²) in [6, 6.07) is -0.603. The van der Waals surface area contributed by atoms with Crippen LogP contribution >= 0.6 is 0 Å². The highest BCUT2D eigenvalue weighted by molar-refractivity contribution is 5.72. The van der Waals surface area contributed by atoms with E-state index in [2.05, 4.69) is 6.92 Å². The third-order valence-electron chi connectivity index (χ3n) is 7.56. The number of carbonyl (C=O) groups is 3. The number of nitrogens with zero attached hydrogens (tertiary/aromatic N) is 1. The van der Waals surface area contributed by atoms with Crippen LogP contribution in [0.4, 0.5) is 0 Å². The van der Waals surface area contributed by atoms with E-state index in [9.17, 15) is 19.5 Å². The summed E-state index contributed by atoms with van der Waals surface area (Å²) in [5.41, 5.74) is 0. The number of carbonyl (C=O) groups excluding carboxylic acids is 2. The number of hydrogen-bond donors (Lipinski definition) is 1. The number of unbranched alkanes of at least 4 members (excludes halogenated alkanes) is 16. The Balaban J connectivity index is 3.97. The second-order valence-electron chi connectivity index (χ2n) is 12.4. The van der Waals surface area contributed by atoms with E-state index < -0.39 is 18.1 Å². The van der Waals surface area contributed by atoms with E-state index in [1.165, 1.54) is 89.9 Å². The topological polar surface area (TPSA) is 99.1 Å². The molecule has 8 nitrogen and oxygen atoms in total. The van der Waals surface area contributed by atoms with Crippen molar-refractivity contribution in [1.29, 1.82) is 0 Å². The molecular formula is C33H64NO7+. The molecule has 0 aliphatic heterocycles. The van der Waals surface area contributed by atoms with Crippen LogP contribution in [0.3, 0.4) is 0 Å². The van der Waals surface area contributed by atoms with Crippen molar-refractivity contribution in [2.45, 2.75) is 154 Å². The maximum Gasteiger partial charge on any atom is 0.362 e. The summed E-state index contributed by atoms with van der Waals surface area (Å²) in [5.74, 6) is -1.56. The van der Waals surface area contributed by atoms with Crippen molar-refractivity contribution >= 4 is 17.9 Å². The van der Waals surface area contributed by atoms with Crippen molar-refractivity contribution in [2.24, 2.45) is 0 Å². The molecule has 0 spiro atoms. The number of likely N-dealkylation sites (N-methyl/N-ethyl adjacent to an activating group) is 1. The monoisotopic (exact) mass is 586 g/mol. The van der Waals surface area contributed by atoms with Crippen molar-refractivity contribution < 1.29 is 38.2 Å². The summed E-state index contributed by atoms with van der Waals surface area (Å²) in [6.07, 6.45) is 22.1. The van der Waals surface area contributed by atoms with Gasteiger partial charge in [0.05, 0.1) is 34.4 Å². The summed E-state index contributed by atoms with van der Waals surface area (Å²) >= 11 is 0. The van der Waals surface area contributed by atoms with Gasteiger partial charge >= 0.3 is 17.9 Å². The first kappa shape index (κ1) is 39.3. The minimum absolute atomic E-state index is 0.0604. The lowest BCUT2D eigenvalue weighted by Gasteiger charge is -2.31. The smallest absolute Gasteiger partial charge is 0.362 e. The molecule has 8 heteroatoms. The summed E-state index contributed by atoms with van der Waals surface area (Å²) in [6.45, 7) is 4.18. The van der Waals surface area contributed by atoms with Gasteiger partial charge in [0.25, 0.3) is 0 Å². The lowest BCUT2D eigenvalue weighted by molar-refractivity contribution is -0.887. The van der Waals surface area contributed by atoms with Crippen molar-refractivity contribution in [2.75, 3.05) is 41.0 Å². The molecule has 0 aliphatic rings. The highest BCUT2D eigenvalue weighted by atomic mass is 16.6. The third-order valence-corrected chi connectivity index (χ3v) is 7.56. The molecule has 0 aliphatic carbocycles. The molecule has 0 aromatic heterocycles. The van der Waals surface area contributed by atoms with E-state index in [1.54, 1.807) is 6.92 Å². The van der Waals surface area contributed by atoms with E-state index in [0.717, 1.165) is 19.3 Å². The standard InChI is InChI=1S/C33H63NO7/c1-6-8-9-10-11-12-13-14-15-16-17-18-19-20-21-22-23-24-32(36)41-29(28-40-31(35)7-2)27-39-26-25-30(33(37)38)34(3,4)5/h29-30H,6-28H2,1-5H3/p+1. The van der Waals surface area contributed by atoms with Gasteiger partial charge in [-0.15, -0.1) is 0 Å². The lowest BCUT2D eigenvalue weighted by atomic mass is 10.0. The quantitative estimate of drug-likeness (QED) is 0.0552. The first-order chi connectivity index (χ1) is 19.6. The zero-order valence-corrected chi connectivity index (χ0v) is 27.3. The van der Waals surface area contributed by atoms with Crippen LogP contribution in [0.15, 0.2) is 0 Å². The Bertz CT molecular complexity index is 662. The van der Waals surface area contributed by atoms with Gasteiger partial charge in [-0.05, 0) is 6.42 Å². The van der Waals surface area contributed by atoms with Gasteiger partial charge in [-0.25, -0.2) is 4.79 Å². The predicted molar refractivity (Wildman–Crippen MR) is 165 cm³/mol. The first-order valence-electron chi connectivity index (χ1n) is 16.6. The van der Waals surface area contributed by atoms with E-state index in [0.29, 0.717) is 12.8 Å². The number of ether oxygens (including phenoxy) is 3. The van der Waals surface area contributed by atoms with Crippen molar-refractivity contribution in [3.63, 3.8) is 0 Å². The number of esters is 2. The molecule has 0 saturated carbocycles. The molecule has 2 atom stereocenters. The third kappa shape index (κ3) is 24.6. The van der Waals surface area contributed by atoms with Gasteiger partial charge in [-0.3, -0.25) is 9.59 Å². The molecule has 1 N–H and O–H groups in total. The Hall–Kier alpha value is -1.67. The van der Waals surface area contributed by atoms with Gasteiger partial charge in [0.2, 0.25) is 0 Å². The minimum Gasteiger partial charge on any atom is -0.477 e. The maximum atomic E-state index is 12.4. The molecule has 41 heavy (non-hydrogen) atoms. The molecule has 242 valence electrons. The number of rotatable bonds is 29. The number of carboxylic acid groups (broad SMARTS) is 1. The van der Waals surface area contributed by atoms with E-state index in [-0.39, 0.29) is 42.7 Å². The fourth-order valence-electron chi connectivity index (χ4n) is 4.89. The molecule has 0 fully saturated rings. The van der Waals surface area contributed by atoms with Crippen LogP contribution in [-0.2, 0) is 28.6 Å². The van der Waals surface area contributed by atoms with Crippen LogP contribution in [0, 0.1) is 0 Å². The van der Waals surface area contributed by atoms with Crippen LogP contribution < -0.4 is 0 Å². The highest BCUT2D eigenvalue weighted by Crippen LogP contribution is 2.15. The number of carboxylic acids is 1. The number of aliphatic carboxylic acids is 1. The molecule has 0 rings (SSSR count). The Morgan fingerprint density at radius 2 is 1.12 bits per heavy atom. The van der Waals surface area contributed by atoms with Gasteiger partial charge in [-0.2, -0.15) is 0 Å². The van der Waals surface area contributed by atoms with Gasteiger partial charge in [0, 0.05) is 19.3 Å². The average Bonchev–Trinajstić information content (AvgIpc) is 2.91. The van der Waals surface area contributed by atoms with Crippen molar-refractivity contribution in [3.8, 4) is 0 Å². The molecule has 0 heterocycles. The Morgan fingerprint density at radius 1 is 0.659 bits per heavy atom. The van der Waals surface area contributed by atoms with Crippen molar-refractivity contribution in [3.05, 3.63) is 0 Å². The van der Waals surface area contributed by atoms with Gasteiger partial charge in [0.1, 0.15) is 6.61 Å². The van der Waals surface area contributed by atoms with Crippen LogP contribution in [-0.4, -0.2) is 80.6 Å². The van der Waals surface area contributed by atoms with E-state index in [1.807, 2.05) is 21.1 Å². The van der Waals surface area contributed by atoms with Crippen molar-refractivity contribution in [1.82, 2.24) is 0 Å². The Labute approximate surface area is 251 Å². The SMILES string of the molecule is CCCCCCCCCCCCCCCCCCCC(=O)OC(COCCC(C(=O)O)[N+](C)(C)C)COC(=O)CC. The van der Waals surface area contributed by atoms with Crippen LogP contribution in [0.25, 0.3) is 0 Å². The molecule has 0 bridgehead atoms. The second-order valence-corrected chi connectivity index (χ2v) is 12.4. The van der Waals surface area contributed by atoms with Gasteiger partial charge in [-0.1, -0.05) is 117 Å². The molecule has 0 aromatic carbocycles. The molecule has 0 aromatic rings. The number of hydrogen-bond acceptors (Lipinski definition) is 6. The summed E-state index contributed by atoms with van der Waals surface area (Å²) in [4.78, 5) is 35.5. The van der Waals surface area contributed by atoms with Crippen LogP contribution in [0.5, 0.6) is 0 Å². The molecular weight excluding hydrogens is 522 g/mol. The van der Waals surface area contributed by atoms with Crippen LogP contribution in [0.2, 0.25) is 0 Å². The zero-order chi connectivity index (χ0) is 30.8. The van der Waals surface area contributed by atoms with E-state index in [4.69, 9.17) is 14.2 Å². The van der Waals surface area contributed by atoms with Crippen LogP contribution in [0.1, 0.15) is 142 Å². The maximum absolute atomic E-state index is 12.4. The Kier molecular flexibility index (Phi) is 24.9. The largest absolute Gasteiger partial charge is 0.477 e.